The molecule has 0 unspecified atom stereocenters. The number of anilines is 2. The summed E-state index contributed by atoms with van der Waals surface area (Å²) < 4.78 is 53.9. The van der Waals surface area contributed by atoms with Crippen molar-refractivity contribution in [3.05, 3.63) is 64.3 Å². The first kappa shape index (κ1) is 20.7. The summed E-state index contributed by atoms with van der Waals surface area (Å²) in [4.78, 5) is 12.6. The number of halogens is 4. The molecule has 2 aliphatic heterocycles. The van der Waals surface area contributed by atoms with Gasteiger partial charge in [-0.2, -0.15) is 18.3 Å². The molecule has 0 spiro atoms. The summed E-state index contributed by atoms with van der Waals surface area (Å²) in [6.45, 7) is 0.0751. The lowest BCUT2D eigenvalue weighted by Gasteiger charge is -2.33. The normalized spacial score (nSPS) is 19.2. The van der Waals surface area contributed by atoms with Gasteiger partial charge < -0.3 is 20.1 Å². The zero-order valence-corrected chi connectivity index (χ0v) is 17.9. The largest absolute Gasteiger partial charge is 0.454 e. The van der Waals surface area contributed by atoms with Crippen LogP contribution < -0.4 is 20.1 Å². The number of carbonyl (C=O) groups is 1. The fourth-order valence-electron chi connectivity index (χ4n) is 3.76. The number of amides is 1. The van der Waals surface area contributed by atoms with Gasteiger partial charge in [-0.05, 0) is 42.0 Å². The Labute approximate surface area is 188 Å². The first-order valence-electron chi connectivity index (χ1n) is 9.67. The van der Waals surface area contributed by atoms with Crippen LogP contribution in [0.2, 0.25) is 0 Å². The minimum Gasteiger partial charge on any atom is -0.454 e. The molecular weight excluding hydrogens is 493 g/mol. The Balaban J connectivity index is 1.44. The number of ether oxygens (including phenoxy) is 2. The van der Waals surface area contributed by atoms with Gasteiger partial charge in [0, 0.05) is 22.6 Å². The van der Waals surface area contributed by atoms with E-state index in [0.29, 0.717) is 22.7 Å². The summed E-state index contributed by atoms with van der Waals surface area (Å²) >= 11 is 3.30. The molecule has 0 saturated carbocycles. The second-order valence-corrected chi connectivity index (χ2v) is 8.34. The van der Waals surface area contributed by atoms with Crippen LogP contribution in [0.25, 0.3) is 0 Å². The Morgan fingerprint density at radius 3 is 2.62 bits per heavy atom. The van der Waals surface area contributed by atoms with Gasteiger partial charge in [0.25, 0.3) is 5.91 Å². The van der Waals surface area contributed by atoms with E-state index in [2.05, 4.69) is 31.7 Å². The highest BCUT2D eigenvalue weighted by Gasteiger charge is 2.47. The van der Waals surface area contributed by atoms with Crippen molar-refractivity contribution < 1.29 is 27.4 Å². The van der Waals surface area contributed by atoms with E-state index in [1.807, 2.05) is 0 Å². The SMILES string of the molecule is O=C(Nc1ccc(Br)cc1)c1cc2n(n1)[C@H](C(F)(F)F)C[C@H](c1ccc3c(c1)OCO3)N2. The third-order valence-electron chi connectivity index (χ3n) is 5.32. The molecule has 5 rings (SSSR count). The number of carbonyl (C=O) groups excluding carboxylic acids is 1. The first-order chi connectivity index (χ1) is 15.3. The van der Waals surface area contributed by atoms with Crippen LogP contribution in [0.5, 0.6) is 11.5 Å². The van der Waals surface area contributed by atoms with Gasteiger partial charge in [-0.1, -0.05) is 22.0 Å². The standard InChI is InChI=1S/C21H16BrF3N4O3/c22-12-2-4-13(5-3-12)26-20(30)15-9-19-27-14(8-18(21(23,24)25)29(19)28-15)11-1-6-16-17(7-11)32-10-31-16/h1-7,9,14,18,27H,8,10H2,(H,26,30)/t14-,18+/m1/s1. The predicted octanol–water partition coefficient (Wildman–Crippen LogP) is 5.29. The molecule has 0 fully saturated rings. The summed E-state index contributed by atoms with van der Waals surface area (Å²) in [5, 5.41) is 9.68. The molecule has 2 aliphatic rings. The average molecular weight is 509 g/mol. The van der Waals surface area contributed by atoms with E-state index in [1.165, 1.54) is 6.07 Å². The molecule has 2 N–H and O–H groups in total. The number of alkyl halides is 3. The monoisotopic (exact) mass is 508 g/mol. The van der Waals surface area contributed by atoms with Crippen molar-refractivity contribution in [3.8, 4) is 11.5 Å². The smallest absolute Gasteiger partial charge is 0.410 e. The molecule has 2 atom stereocenters. The van der Waals surface area contributed by atoms with Crippen LogP contribution in [0.3, 0.4) is 0 Å². The molecule has 0 saturated heterocycles. The van der Waals surface area contributed by atoms with Crippen LogP contribution in [0.4, 0.5) is 24.7 Å². The Kier molecular flexibility index (Phi) is 5.00. The number of nitrogens with zero attached hydrogens (tertiary/aromatic N) is 2. The average Bonchev–Trinajstić information content (AvgIpc) is 3.40. The highest BCUT2D eigenvalue weighted by atomic mass is 79.9. The number of hydrogen-bond donors (Lipinski definition) is 2. The summed E-state index contributed by atoms with van der Waals surface area (Å²) in [7, 11) is 0. The highest BCUT2D eigenvalue weighted by Crippen LogP contribution is 2.45. The quantitative estimate of drug-likeness (QED) is 0.502. The summed E-state index contributed by atoms with van der Waals surface area (Å²) in [5.74, 6) is 0.550. The molecule has 3 heterocycles. The van der Waals surface area contributed by atoms with Gasteiger partial charge in [0.05, 0.1) is 6.04 Å². The Hall–Kier alpha value is -3.21. The van der Waals surface area contributed by atoms with Crippen molar-refractivity contribution >= 4 is 33.3 Å². The number of hydrogen-bond acceptors (Lipinski definition) is 5. The molecule has 7 nitrogen and oxygen atoms in total. The van der Waals surface area contributed by atoms with Crippen molar-refractivity contribution in [2.45, 2.75) is 24.7 Å². The van der Waals surface area contributed by atoms with E-state index < -0.39 is 24.2 Å². The van der Waals surface area contributed by atoms with E-state index in [9.17, 15) is 18.0 Å². The maximum absolute atomic E-state index is 13.9. The zero-order valence-electron chi connectivity index (χ0n) is 16.3. The maximum Gasteiger partial charge on any atom is 0.410 e. The minimum atomic E-state index is -4.54. The van der Waals surface area contributed by atoms with E-state index in [1.54, 1.807) is 42.5 Å². The van der Waals surface area contributed by atoms with E-state index in [4.69, 9.17) is 9.47 Å². The third-order valence-corrected chi connectivity index (χ3v) is 5.85. The van der Waals surface area contributed by atoms with E-state index >= 15 is 0 Å². The molecule has 0 radical (unpaired) electrons. The molecule has 3 aromatic rings. The number of benzene rings is 2. The molecule has 0 bridgehead atoms. The second kappa shape index (κ2) is 7.73. The van der Waals surface area contributed by atoms with Crippen molar-refractivity contribution in [1.82, 2.24) is 9.78 Å². The topological polar surface area (TPSA) is 77.4 Å². The predicted molar refractivity (Wildman–Crippen MR) is 113 cm³/mol. The fraction of sp³-hybridized carbons (Fsp3) is 0.238. The fourth-order valence-corrected chi connectivity index (χ4v) is 4.03. The van der Waals surface area contributed by atoms with Gasteiger partial charge >= 0.3 is 6.18 Å². The van der Waals surface area contributed by atoms with Crippen molar-refractivity contribution in [2.75, 3.05) is 17.4 Å². The Morgan fingerprint density at radius 2 is 1.88 bits per heavy atom. The van der Waals surface area contributed by atoms with Gasteiger partial charge in [0.15, 0.2) is 23.2 Å². The number of fused-ring (bicyclic) bond motifs is 2. The van der Waals surface area contributed by atoms with Crippen LogP contribution in [0.1, 0.15) is 34.6 Å². The highest BCUT2D eigenvalue weighted by molar-refractivity contribution is 9.10. The van der Waals surface area contributed by atoms with Gasteiger partial charge in [-0.3, -0.25) is 4.79 Å². The number of nitrogens with one attached hydrogen (secondary N) is 2. The van der Waals surface area contributed by atoms with Crippen LogP contribution in [-0.2, 0) is 0 Å². The molecule has 0 aliphatic carbocycles. The lowest BCUT2D eigenvalue weighted by Crippen LogP contribution is -2.35. The summed E-state index contributed by atoms with van der Waals surface area (Å²) in [6.07, 6.45) is -4.83. The molecule has 2 aromatic carbocycles. The van der Waals surface area contributed by atoms with Crippen LogP contribution >= 0.6 is 15.9 Å². The van der Waals surface area contributed by atoms with Crippen LogP contribution in [-0.4, -0.2) is 28.7 Å². The van der Waals surface area contributed by atoms with Gasteiger partial charge in [0.1, 0.15) is 5.82 Å². The molecule has 1 amide bonds. The van der Waals surface area contributed by atoms with Crippen molar-refractivity contribution in [1.29, 1.82) is 0 Å². The Morgan fingerprint density at radius 1 is 1.12 bits per heavy atom. The second-order valence-electron chi connectivity index (χ2n) is 7.42. The van der Waals surface area contributed by atoms with Crippen molar-refractivity contribution in [3.63, 3.8) is 0 Å². The van der Waals surface area contributed by atoms with Gasteiger partial charge in [0.2, 0.25) is 6.79 Å². The van der Waals surface area contributed by atoms with Gasteiger partial charge in [-0.25, -0.2) is 4.68 Å². The third kappa shape index (κ3) is 3.88. The lowest BCUT2D eigenvalue weighted by molar-refractivity contribution is -0.173. The Bertz CT molecular complexity index is 1180. The number of aromatic nitrogens is 2. The molecule has 11 heteroatoms. The van der Waals surface area contributed by atoms with E-state index in [0.717, 1.165) is 9.15 Å². The summed E-state index contributed by atoms with van der Waals surface area (Å²) in [5.41, 5.74) is 1.01. The first-order valence-corrected chi connectivity index (χ1v) is 10.5. The van der Waals surface area contributed by atoms with Crippen LogP contribution in [0.15, 0.2) is 53.0 Å². The molecule has 32 heavy (non-hydrogen) atoms. The molecular formula is C21H16BrF3N4O3. The zero-order chi connectivity index (χ0) is 22.5. The van der Waals surface area contributed by atoms with Crippen LogP contribution in [0, 0.1) is 0 Å². The minimum absolute atomic E-state index is 0.0751. The summed E-state index contributed by atoms with van der Waals surface area (Å²) in [6, 6.07) is 10.7. The van der Waals surface area contributed by atoms with Gasteiger partial charge in [-0.15, -0.1) is 0 Å². The number of rotatable bonds is 3. The van der Waals surface area contributed by atoms with E-state index in [-0.39, 0.29) is 24.7 Å². The molecule has 166 valence electrons. The maximum atomic E-state index is 13.9. The lowest BCUT2D eigenvalue weighted by atomic mass is 9.96. The van der Waals surface area contributed by atoms with Crippen molar-refractivity contribution in [2.24, 2.45) is 0 Å². The molecule has 1 aromatic heterocycles.